The summed E-state index contributed by atoms with van der Waals surface area (Å²) in [6.45, 7) is 1.50. The maximum Gasteiger partial charge on any atom is 0.339 e. The lowest BCUT2D eigenvalue weighted by Crippen LogP contribution is -2.17. The van der Waals surface area contributed by atoms with Crippen LogP contribution in [0.15, 0.2) is 72.8 Å². The Kier molecular flexibility index (Phi) is 5.57. The molecule has 0 saturated carbocycles. The van der Waals surface area contributed by atoms with Crippen LogP contribution in [0.1, 0.15) is 49.7 Å². The first-order chi connectivity index (χ1) is 18.0. The molecule has 2 N–H and O–H groups in total. The number of Topliss-reactive ketones (excluding diaryl/α,β-unsaturated/α-hetero) is 1. The summed E-state index contributed by atoms with van der Waals surface area (Å²) >= 11 is 0. The van der Waals surface area contributed by atoms with Crippen molar-refractivity contribution in [3.63, 3.8) is 0 Å². The van der Waals surface area contributed by atoms with Crippen molar-refractivity contribution in [1.29, 1.82) is 0 Å². The summed E-state index contributed by atoms with van der Waals surface area (Å²) in [6, 6.07) is 22.1. The number of benzene rings is 3. The molecule has 0 spiro atoms. The van der Waals surface area contributed by atoms with Crippen LogP contribution in [0.5, 0.6) is 5.75 Å². The average molecular weight is 489 g/mol. The number of H-pyrrole nitrogens is 1. The van der Waals surface area contributed by atoms with Gasteiger partial charge in [-0.1, -0.05) is 48.5 Å². The normalized spacial score (nSPS) is 13.8. The number of aromatic nitrogens is 2. The number of fused-ring (bicyclic) bond motifs is 3. The zero-order valence-corrected chi connectivity index (χ0v) is 20.2. The van der Waals surface area contributed by atoms with Gasteiger partial charge in [-0.25, -0.2) is 9.78 Å². The van der Waals surface area contributed by atoms with Gasteiger partial charge in [-0.3, -0.25) is 4.79 Å². The number of ether oxygens (including phenoxy) is 1. The van der Waals surface area contributed by atoms with Crippen molar-refractivity contribution in [2.24, 2.45) is 0 Å². The monoisotopic (exact) mass is 488 g/mol. The first kappa shape index (κ1) is 22.7. The minimum atomic E-state index is -0.522. The number of nitrogens with one attached hydrogen (secondary N) is 1. The number of rotatable bonds is 5. The number of phenols is 1. The zero-order valence-electron chi connectivity index (χ0n) is 20.2. The molecule has 5 aromatic rings. The van der Waals surface area contributed by atoms with E-state index in [2.05, 4.69) is 4.98 Å². The lowest BCUT2D eigenvalue weighted by molar-refractivity contribution is 0.0476. The second kappa shape index (κ2) is 9.06. The maximum atomic E-state index is 13.5. The van der Waals surface area contributed by atoms with Gasteiger partial charge in [-0.05, 0) is 66.8 Å². The predicted octanol–water partition coefficient (Wildman–Crippen LogP) is 6.26. The van der Waals surface area contributed by atoms with E-state index in [1.807, 2.05) is 73.7 Å². The van der Waals surface area contributed by atoms with E-state index in [-0.39, 0.29) is 18.1 Å². The van der Waals surface area contributed by atoms with Crippen molar-refractivity contribution in [1.82, 2.24) is 9.97 Å². The molecule has 3 aromatic carbocycles. The van der Waals surface area contributed by atoms with Crippen LogP contribution >= 0.6 is 0 Å². The fourth-order valence-electron chi connectivity index (χ4n) is 5.20. The van der Waals surface area contributed by atoms with Crippen LogP contribution in [-0.4, -0.2) is 33.4 Å². The molecule has 0 saturated heterocycles. The van der Waals surface area contributed by atoms with Gasteiger partial charge in [0.15, 0.2) is 6.61 Å². The molecule has 1 aliphatic carbocycles. The Morgan fingerprint density at radius 3 is 2.49 bits per heavy atom. The van der Waals surface area contributed by atoms with Crippen LogP contribution in [0, 0.1) is 6.92 Å². The van der Waals surface area contributed by atoms with Crippen LogP contribution in [0.4, 0.5) is 0 Å². The van der Waals surface area contributed by atoms with Gasteiger partial charge in [0.2, 0.25) is 5.78 Å². The summed E-state index contributed by atoms with van der Waals surface area (Å²) in [5.41, 5.74) is 6.92. The third-order valence-electron chi connectivity index (χ3n) is 6.89. The van der Waals surface area contributed by atoms with Gasteiger partial charge in [0.1, 0.15) is 5.75 Å². The molecule has 2 aromatic heterocycles. The molecular formula is C31H24N2O4. The highest BCUT2D eigenvalue weighted by Crippen LogP contribution is 2.38. The topological polar surface area (TPSA) is 92.3 Å². The Balaban J connectivity index is 1.34. The quantitative estimate of drug-likeness (QED) is 0.225. The number of hydrogen-bond acceptors (Lipinski definition) is 5. The smallest absolute Gasteiger partial charge is 0.339 e. The van der Waals surface area contributed by atoms with E-state index in [0.29, 0.717) is 28.5 Å². The number of aryl methyl sites for hydroxylation is 1. The van der Waals surface area contributed by atoms with Crippen LogP contribution in [0.3, 0.4) is 0 Å². The van der Waals surface area contributed by atoms with Crippen LogP contribution in [0.25, 0.3) is 33.5 Å². The number of carbonyl (C=O) groups excluding carboxylic acids is 2. The third-order valence-corrected chi connectivity index (χ3v) is 6.89. The molecule has 0 fully saturated rings. The van der Waals surface area contributed by atoms with E-state index in [1.165, 1.54) is 0 Å². The molecule has 6 rings (SSSR count). The fourth-order valence-corrected chi connectivity index (χ4v) is 5.20. The highest BCUT2D eigenvalue weighted by atomic mass is 16.5. The molecule has 0 amide bonds. The molecule has 0 aliphatic heterocycles. The Morgan fingerprint density at radius 2 is 1.68 bits per heavy atom. The first-order valence-corrected chi connectivity index (χ1v) is 12.2. The molecule has 182 valence electrons. The number of allylic oxidation sites excluding steroid dienone is 1. The predicted molar refractivity (Wildman–Crippen MR) is 144 cm³/mol. The standard InChI is InChI=1S/C31H24N2O4/c1-18-28(22-6-2-4-8-25(22)32-18)27(35)17-37-31(36)29-23-7-3-5-9-26(23)33-30-20(12-15-24(29)30)16-19-10-13-21(34)14-11-19/h2-11,13-14,16,32,34H,12,15,17H2,1H3/b20-16-. The number of aromatic amines is 1. The molecule has 0 atom stereocenters. The fraction of sp³-hybridized carbons (Fsp3) is 0.129. The minimum absolute atomic E-state index is 0.209. The number of nitrogens with zero attached hydrogens (tertiary/aromatic N) is 1. The lowest BCUT2D eigenvalue weighted by atomic mass is 10.0. The molecule has 1 aliphatic rings. The molecule has 0 bridgehead atoms. The highest BCUT2D eigenvalue weighted by Gasteiger charge is 2.28. The molecular weight excluding hydrogens is 464 g/mol. The SMILES string of the molecule is Cc1[nH]c2ccccc2c1C(=O)COC(=O)c1c2c(nc3ccccc13)/C(=C\c1ccc(O)cc1)CC2. The second-order valence-corrected chi connectivity index (χ2v) is 9.26. The van der Waals surface area contributed by atoms with Crippen molar-refractivity contribution in [3.05, 3.63) is 106 Å². The second-order valence-electron chi connectivity index (χ2n) is 9.26. The highest BCUT2D eigenvalue weighted by molar-refractivity contribution is 6.12. The van der Waals surface area contributed by atoms with Crippen molar-refractivity contribution in [3.8, 4) is 5.75 Å². The van der Waals surface area contributed by atoms with E-state index in [1.54, 1.807) is 12.1 Å². The van der Waals surface area contributed by atoms with E-state index < -0.39 is 5.97 Å². The van der Waals surface area contributed by atoms with E-state index in [9.17, 15) is 14.7 Å². The molecule has 37 heavy (non-hydrogen) atoms. The number of pyridine rings is 1. The summed E-state index contributed by atoms with van der Waals surface area (Å²) in [5, 5.41) is 11.1. The van der Waals surface area contributed by atoms with E-state index >= 15 is 0 Å². The third kappa shape index (κ3) is 4.06. The molecule has 6 heteroatoms. The molecule has 6 nitrogen and oxygen atoms in total. The van der Waals surface area contributed by atoms with Crippen molar-refractivity contribution in [2.45, 2.75) is 19.8 Å². The summed E-state index contributed by atoms with van der Waals surface area (Å²) in [4.78, 5) is 34.7. The number of para-hydroxylation sites is 2. The molecule has 0 unspecified atom stereocenters. The van der Waals surface area contributed by atoms with Crippen LogP contribution in [-0.2, 0) is 11.2 Å². The Bertz CT molecular complexity index is 1730. The molecule has 0 radical (unpaired) electrons. The van der Waals surface area contributed by atoms with Crippen molar-refractivity contribution >= 4 is 45.2 Å². The number of phenolic OH excluding ortho intramolecular Hbond substituents is 1. The number of carbonyl (C=O) groups is 2. The summed E-state index contributed by atoms with van der Waals surface area (Å²) in [6.07, 6.45) is 3.41. The molecule has 2 heterocycles. The van der Waals surface area contributed by atoms with Gasteiger partial charge in [-0.15, -0.1) is 0 Å². The lowest BCUT2D eigenvalue weighted by Gasteiger charge is -2.12. The van der Waals surface area contributed by atoms with Gasteiger partial charge < -0.3 is 14.8 Å². The average Bonchev–Trinajstić information content (AvgIpc) is 3.46. The van der Waals surface area contributed by atoms with Crippen LogP contribution < -0.4 is 0 Å². The largest absolute Gasteiger partial charge is 0.508 e. The number of hydrogen-bond donors (Lipinski definition) is 2. The Labute approximate surface area is 213 Å². The van der Waals surface area contributed by atoms with Crippen molar-refractivity contribution < 1.29 is 19.4 Å². The van der Waals surface area contributed by atoms with Gasteiger partial charge in [-0.2, -0.15) is 0 Å². The summed E-state index contributed by atoms with van der Waals surface area (Å²) in [5.74, 6) is -0.557. The first-order valence-electron chi connectivity index (χ1n) is 12.2. The Morgan fingerprint density at radius 1 is 0.946 bits per heavy atom. The van der Waals surface area contributed by atoms with E-state index in [4.69, 9.17) is 9.72 Å². The van der Waals surface area contributed by atoms with Gasteiger partial charge in [0.25, 0.3) is 0 Å². The van der Waals surface area contributed by atoms with Gasteiger partial charge in [0.05, 0.1) is 16.8 Å². The summed E-state index contributed by atoms with van der Waals surface area (Å²) in [7, 11) is 0. The van der Waals surface area contributed by atoms with Gasteiger partial charge in [0, 0.05) is 27.5 Å². The van der Waals surface area contributed by atoms with E-state index in [0.717, 1.165) is 45.4 Å². The van der Waals surface area contributed by atoms with Gasteiger partial charge >= 0.3 is 5.97 Å². The minimum Gasteiger partial charge on any atom is -0.508 e. The van der Waals surface area contributed by atoms with Crippen LogP contribution in [0.2, 0.25) is 0 Å². The number of ketones is 1. The Hall–Kier alpha value is -4.71. The zero-order chi connectivity index (χ0) is 25.5. The number of aromatic hydroxyl groups is 1. The maximum absolute atomic E-state index is 13.5. The van der Waals surface area contributed by atoms with Crippen molar-refractivity contribution in [2.75, 3.05) is 6.61 Å². The number of esters is 1. The summed E-state index contributed by atoms with van der Waals surface area (Å²) < 4.78 is 5.64.